The van der Waals surface area contributed by atoms with Crippen molar-refractivity contribution in [2.24, 2.45) is 0 Å². The van der Waals surface area contributed by atoms with Crippen molar-refractivity contribution < 1.29 is 4.79 Å². The van der Waals surface area contributed by atoms with Crippen LogP contribution in [0.25, 0.3) is 0 Å². The van der Waals surface area contributed by atoms with E-state index in [2.05, 4.69) is 21.8 Å². The van der Waals surface area contributed by atoms with Crippen molar-refractivity contribution in [3.8, 4) is 0 Å². The Morgan fingerprint density at radius 2 is 2.17 bits per heavy atom. The molecule has 1 fully saturated rings. The summed E-state index contributed by atoms with van der Waals surface area (Å²) in [6.45, 7) is 5.43. The molecule has 2 heterocycles. The van der Waals surface area contributed by atoms with Gasteiger partial charge in [0.25, 0.3) is 0 Å². The summed E-state index contributed by atoms with van der Waals surface area (Å²) >= 11 is 0. The molecular formula is C13H20N4O. The van der Waals surface area contributed by atoms with Crippen molar-refractivity contribution >= 4 is 11.9 Å². The Morgan fingerprint density at radius 1 is 1.50 bits per heavy atom. The van der Waals surface area contributed by atoms with E-state index in [9.17, 15) is 4.79 Å². The van der Waals surface area contributed by atoms with E-state index in [1.165, 1.54) is 0 Å². The van der Waals surface area contributed by atoms with Gasteiger partial charge in [-0.15, -0.1) is 0 Å². The van der Waals surface area contributed by atoms with Crippen LogP contribution in [0, 0.1) is 0 Å². The minimum atomic E-state index is 0.115. The number of rotatable bonds is 3. The van der Waals surface area contributed by atoms with Crippen LogP contribution in [-0.4, -0.2) is 47.0 Å². The molecule has 98 valence electrons. The summed E-state index contributed by atoms with van der Waals surface area (Å²) in [7, 11) is 1.86. The van der Waals surface area contributed by atoms with Gasteiger partial charge in [-0.3, -0.25) is 4.79 Å². The van der Waals surface area contributed by atoms with Gasteiger partial charge in [0.1, 0.15) is 0 Å². The molecular weight excluding hydrogens is 228 g/mol. The number of hydrogen-bond acceptors (Lipinski definition) is 4. The van der Waals surface area contributed by atoms with Crippen LogP contribution in [0.2, 0.25) is 0 Å². The first-order valence-corrected chi connectivity index (χ1v) is 6.41. The average Bonchev–Trinajstić information content (AvgIpc) is 2.87. The number of aromatic nitrogens is 2. The number of likely N-dealkylation sites (N-methyl/N-ethyl adjacent to an activating group) is 1. The second-order valence-electron chi connectivity index (χ2n) is 4.76. The van der Waals surface area contributed by atoms with E-state index < -0.39 is 0 Å². The Balaban J connectivity index is 2.01. The quantitative estimate of drug-likeness (QED) is 0.803. The summed E-state index contributed by atoms with van der Waals surface area (Å²) in [5.41, 5.74) is 1.15. The first-order chi connectivity index (χ1) is 8.61. The molecule has 1 atom stereocenters. The van der Waals surface area contributed by atoms with Gasteiger partial charge in [0.05, 0.1) is 6.04 Å². The topological polar surface area (TPSA) is 49.3 Å². The number of carbonyl (C=O) groups excluding carboxylic acids is 1. The summed E-state index contributed by atoms with van der Waals surface area (Å²) in [5, 5.41) is 0. The Morgan fingerprint density at radius 3 is 2.72 bits per heavy atom. The fourth-order valence-electron chi connectivity index (χ4n) is 2.19. The molecule has 0 bridgehead atoms. The summed E-state index contributed by atoms with van der Waals surface area (Å²) in [6, 6.07) is 0.275. The molecule has 1 aromatic rings. The van der Waals surface area contributed by atoms with E-state index in [1.807, 2.05) is 19.4 Å². The maximum Gasteiger partial charge on any atom is 0.225 e. The molecule has 0 spiro atoms. The van der Waals surface area contributed by atoms with Gasteiger partial charge in [0.2, 0.25) is 11.9 Å². The minimum absolute atomic E-state index is 0.115. The van der Waals surface area contributed by atoms with Crippen LogP contribution in [-0.2, 0) is 11.2 Å². The molecule has 1 aliphatic heterocycles. The third kappa shape index (κ3) is 2.60. The van der Waals surface area contributed by atoms with Gasteiger partial charge < -0.3 is 9.80 Å². The fraction of sp³-hybridized carbons (Fsp3) is 0.615. The van der Waals surface area contributed by atoms with Crippen molar-refractivity contribution in [2.45, 2.75) is 32.7 Å². The van der Waals surface area contributed by atoms with E-state index in [4.69, 9.17) is 0 Å². The summed E-state index contributed by atoms with van der Waals surface area (Å²) in [5.74, 6) is 0.885. The van der Waals surface area contributed by atoms with Gasteiger partial charge in [-0.05, 0) is 18.4 Å². The lowest BCUT2D eigenvalue weighted by Gasteiger charge is -2.23. The lowest BCUT2D eigenvalue weighted by atomic mass is 10.2. The zero-order chi connectivity index (χ0) is 13.1. The third-order valence-electron chi connectivity index (χ3n) is 3.59. The molecule has 0 N–H and O–H groups in total. The molecule has 5 nitrogen and oxygen atoms in total. The molecule has 1 amide bonds. The molecule has 0 aromatic carbocycles. The van der Waals surface area contributed by atoms with Gasteiger partial charge in [0.15, 0.2) is 0 Å². The second kappa shape index (κ2) is 5.33. The molecule has 0 radical (unpaired) electrons. The molecule has 18 heavy (non-hydrogen) atoms. The fourth-order valence-corrected chi connectivity index (χ4v) is 2.19. The number of anilines is 1. The Labute approximate surface area is 108 Å². The molecule has 1 saturated heterocycles. The van der Waals surface area contributed by atoms with E-state index in [0.29, 0.717) is 0 Å². The monoisotopic (exact) mass is 248 g/mol. The Kier molecular flexibility index (Phi) is 3.79. The first-order valence-electron chi connectivity index (χ1n) is 6.41. The van der Waals surface area contributed by atoms with Crippen molar-refractivity contribution in [3.63, 3.8) is 0 Å². The minimum Gasteiger partial charge on any atom is -0.341 e. The molecule has 0 saturated carbocycles. The van der Waals surface area contributed by atoms with Gasteiger partial charge in [-0.2, -0.15) is 0 Å². The van der Waals surface area contributed by atoms with Gasteiger partial charge in [0, 0.05) is 39.5 Å². The summed E-state index contributed by atoms with van der Waals surface area (Å²) in [6.07, 6.45) is 5.69. The smallest absolute Gasteiger partial charge is 0.225 e. The van der Waals surface area contributed by atoms with Gasteiger partial charge in [-0.25, -0.2) is 9.97 Å². The van der Waals surface area contributed by atoms with Crippen LogP contribution in [0.15, 0.2) is 12.4 Å². The van der Waals surface area contributed by atoms with Crippen LogP contribution in [0.5, 0.6) is 0 Å². The number of hydrogen-bond donors (Lipinski definition) is 0. The van der Waals surface area contributed by atoms with E-state index in [0.717, 1.165) is 37.4 Å². The first kappa shape index (κ1) is 12.8. The predicted molar refractivity (Wildman–Crippen MR) is 70.5 cm³/mol. The molecule has 1 aliphatic rings. The summed E-state index contributed by atoms with van der Waals surface area (Å²) < 4.78 is 0. The van der Waals surface area contributed by atoms with Crippen molar-refractivity contribution in [3.05, 3.63) is 18.0 Å². The van der Waals surface area contributed by atoms with Crippen molar-refractivity contribution in [1.82, 2.24) is 14.9 Å². The van der Waals surface area contributed by atoms with Crippen molar-refractivity contribution in [2.75, 3.05) is 25.0 Å². The highest BCUT2D eigenvalue weighted by atomic mass is 16.2. The molecule has 2 rings (SSSR count). The highest BCUT2D eigenvalue weighted by Crippen LogP contribution is 2.19. The number of amides is 1. The van der Waals surface area contributed by atoms with Gasteiger partial charge in [-0.1, -0.05) is 6.92 Å². The van der Waals surface area contributed by atoms with E-state index >= 15 is 0 Å². The average molecular weight is 248 g/mol. The Hall–Kier alpha value is -1.65. The molecule has 5 heteroatoms. The third-order valence-corrected chi connectivity index (χ3v) is 3.59. The number of aryl methyl sites for hydroxylation is 1. The SMILES string of the molecule is CCc1cnc(N2CCC(N(C)C(C)=O)C2)nc1. The number of nitrogens with zero attached hydrogens (tertiary/aromatic N) is 4. The number of carbonyl (C=O) groups is 1. The molecule has 0 aliphatic carbocycles. The Bertz CT molecular complexity index is 418. The van der Waals surface area contributed by atoms with Crippen LogP contribution >= 0.6 is 0 Å². The highest BCUT2D eigenvalue weighted by Gasteiger charge is 2.28. The lowest BCUT2D eigenvalue weighted by Crippen LogP contribution is -2.37. The second-order valence-corrected chi connectivity index (χ2v) is 4.76. The zero-order valence-electron chi connectivity index (χ0n) is 11.3. The van der Waals surface area contributed by atoms with Crippen LogP contribution in [0.3, 0.4) is 0 Å². The van der Waals surface area contributed by atoms with Crippen LogP contribution < -0.4 is 4.90 Å². The van der Waals surface area contributed by atoms with Gasteiger partial charge >= 0.3 is 0 Å². The normalized spacial score (nSPS) is 19.1. The maximum absolute atomic E-state index is 11.3. The van der Waals surface area contributed by atoms with Crippen LogP contribution in [0.4, 0.5) is 5.95 Å². The lowest BCUT2D eigenvalue weighted by molar-refractivity contribution is -0.129. The largest absolute Gasteiger partial charge is 0.341 e. The predicted octanol–water partition coefficient (Wildman–Crippen LogP) is 1.10. The summed E-state index contributed by atoms with van der Waals surface area (Å²) in [4.78, 5) is 24.0. The molecule has 1 unspecified atom stereocenters. The van der Waals surface area contributed by atoms with Crippen LogP contribution in [0.1, 0.15) is 25.8 Å². The highest BCUT2D eigenvalue weighted by molar-refractivity contribution is 5.73. The molecule has 1 aromatic heterocycles. The van der Waals surface area contributed by atoms with E-state index in [-0.39, 0.29) is 11.9 Å². The standard InChI is InChI=1S/C13H20N4O/c1-4-11-7-14-13(15-8-11)17-6-5-12(9-17)16(3)10(2)18/h7-8,12H,4-6,9H2,1-3H3. The maximum atomic E-state index is 11.3. The van der Waals surface area contributed by atoms with Crippen molar-refractivity contribution in [1.29, 1.82) is 0 Å². The zero-order valence-corrected chi connectivity index (χ0v) is 11.3. The van der Waals surface area contributed by atoms with E-state index in [1.54, 1.807) is 11.8 Å².